The fraction of sp³-hybridized carbons (Fsp3) is 0.263. The lowest BCUT2D eigenvalue weighted by atomic mass is 10.1. The maximum Gasteiger partial charge on any atom is 0.253 e. The highest BCUT2D eigenvalue weighted by molar-refractivity contribution is 9.10. The third kappa shape index (κ3) is 5.86. The zero-order chi connectivity index (χ0) is 18.9. The van der Waals surface area contributed by atoms with E-state index in [0.717, 1.165) is 5.75 Å². The van der Waals surface area contributed by atoms with Gasteiger partial charge in [0.25, 0.3) is 5.91 Å². The molecule has 138 valence electrons. The first-order valence-electron chi connectivity index (χ1n) is 8.10. The van der Waals surface area contributed by atoms with Gasteiger partial charge in [0.15, 0.2) is 0 Å². The van der Waals surface area contributed by atoms with Crippen LogP contribution in [-0.2, 0) is 11.4 Å². The smallest absolute Gasteiger partial charge is 0.253 e. The van der Waals surface area contributed by atoms with Crippen LogP contribution in [0.15, 0.2) is 53.0 Å². The Balaban J connectivity index is 2.11. The number of nitrogens with one attached hydrogen (secondary N) is 2. The number of hydrogen-bond acceptors (Lipinski definition) is 4. The van der Waals surface area contributed by atoms with Crippen molar-refractivity contribution in [3.05, 3.63) is 64.1 Å². The zero-order valence-electron chi connectivity index (χ0n) is 14.4. The van der Waals surface area contributed by atoms with Crippen molar-refractivity contribution in [2.45, 2.75) is 19.1 Å². The molecule has 0 spiro atoms. The summed E-state index contributed by atoms with van der Waals surface area (Å²) < 4.78 is 0.678. The molecule has 2 aromatic carbocycles. The summed E-state index contributed by atoms with van der Waals surface area (Å²) in [6.45, 7) is -0.0988. The normalized spacial score (nSPS) is 11.7. The number of thioether (sulfide) groups is 1. The standard InChI is InChI=1S/C19H21BrN2O3S/c1-26-10-9-17(22-18(24)15-7-2-3-8-16(15)20)19(25)21-14-6-4-5-13(11-14)12-23/h2-8,11,17,23H,9-10,12H2,1H3,(H,21,25)(H,22,24). The van der Waals surface area contributed by atoms with Crippen LogP contribution in [0.5, 0.6) is 0 Å². The van der Waals surface area contributed by atoms with Gasteiger partial charge >= 0.3 is 0 Å². The first-order valence-corrected chi connectivity index (χ1v) is 10.3. The molecule has 0 aliphatic carbocycles. The average molecular weight is 437 g/mol. The maximum atomic E-state index is 12.7. The number of hydrogen-bond donors (Lipinski definition) is 3. The summed E-state index contributed by atoms with van der Waals surface area (Å²) in [5.74, 6) is 0.155. The fourth-order valence-corrected chi connectivity index (χ4v) is 3.30. The van der Waals surface area contributed by atoms with Gasteiger partial charge in [-0.15, -0.1) is 0 Å². The topological polar surface area (TPSA) is 78.4 Å². The molecular formula is C19H21BrN2O3S. The lowest BCUT2D eigenvalue weighted by molar-refractivity contribution is -0.118. The van der Waals surface area contributed by atoms with E-state index in [9.17, 15) is 14.7 Å². The SMILES string of the molecule is CSCCC(NC(=O)c1ccccc1Br)C(=O)Nc1cccc(CO)c1. The molecule has 1 atom stereocenters. The summed E-state index contributed by atoms with van der Waals surface area (Å²) in [4.78, 5) is 25.2. The second kappa shape index (κ2) is 10.4. The highest BCUT2D eigenvalue weighted by atomic mass is 79.9. The molecule has 0 bridgehead atoms. The molecule has 0 radical (unpaired) electrons. The van der Waals surface area contributed by atoms with E-state index < -0.39 is 6.04 Å². The van der Waals surface area contributed by atoms with Gasteiger partial charge in [0.05, 0.1) is 12.2 Å². The Bertz CT molecular complexity index is 770. The molecule has 0 aliphatic heterocycles. The van der Waals surface area contributed by atoms with E-state index in [4.69, 9.17) is 0 Å². The third-order valence-corrected chi connectivity index (χ3v) is 5.06. The molecule has 3 N–H and O–H groups in total. The van der Waals surface area contributed by atoms with Crippen molar-refractivity contribution in [2.24, 2.45) is 0 Å². The summed E-state index contributed by atoms with van der Waals surface area (Å²) in [6, 6.07) is 13.4. The van der Waals surface area contributed by atoms with Crippen LogP contribution in [-0.4, -0.2) is 35.0 Å². The number of anilines is 1. The van der Waals surface area contributed by atoms with E-state index in [1.54, 1.807) is 54.2 Å². The molecule has 0 fully saturated rings. The maximum absolute atomic E-state index is 12.7. The minimum atomic E-state index is -0.653. The Hall–Kier alpha value is -1.83. The monoisotopic (exact) mass is 436 g/mol. The molecule has 7 heteroatoms. The Labute approximate surface area is 165 Å². The van der Waals surface area contributed by atoms with Gasteiger partial charge in [-0.2, -0.15) is 11.8 Å². The van der Waals surface area contributed by atoms with Gasteiger partial charge in [-0.05, 0) is 64.2 Å². The summed E-state index contributed by atoms with van der Waals surface area (Å²) in [7, 11) is 0. The van der Waals surface area contributed by atoms with Crippen molar-refractivity contribution >= 4 is 45.2 Å². The van der Waals surface area contributed by atoms with Crippen molar-refractivity contribution in [1.29, 1.82) is 0 Å². The molecule has 0 saturated heterocycles. The van der Waals surface area contributed by atoms with E-state index in [1.165, 1.54) is 0 Å². The molecule has 2 amide bonds. The number of carbonyl (C=O) groups excluding carboxylic acids is 2. The van der Waals surface area contributed by atoms with E-state index in [1.807, 2.05) is 12.3 Å². The van der Waals surface area contributed by atoms with E-state index in [2.05, 4.69) is 26.6 Å². The molecule has 2 rings (SSSR count). The van der Waals surface area contributed by atoms with Gasteiger partial charge in [-0.25, -0.2) is 0 Å². The predicted octanol–water partition coefficient (Wildman–Crippen LogP) is 3.43. The van der Waals surface area contributed by atoms with Crippen molar-refractivity contribution < 1.29 is 14.7 Å². The van der Waals surface area contributed by atoms with Crippen LogP contribution in [0.25, 0.3) is 0 Å². The summed E-state index contributed by atoms with van der Waals surface area (Å²) in [6.07, 6.45) is 2.47. The first-order chi connectivity index (χ1) is 12.5. The summed E-state index contributed by atoms with van der Waals surface area (Å²) in [5, 5.41) is 14.8. The third-order valence-electron chi connectivity index (χ3n) is 3.73. The van der Waals surface area contributed by atoms with Crippen LogP contribution >= 0.6 is 27.7 Å². The number of amides is 2. The molecular weight excluding hydrogens is 416 g/mol. The first kappa shape index (κ1) is 20.5. The number of aliphatic hydroxyl groups excluding tert-OH is 1. The average Bonchev–Trinajstić information content (AvgIpc) is 2.65. The van der Waals surface area contributed by atoms with Crippen LogP contribution in [0.4, 0.5) is 5.69 Å². The largest absolute Gasteiger partial charge is 0.392 e. The van der Waals surface area contributed by atoms with Crippen LogP contribution in [0.1, 0.15) is 22.3 Å². The number of aliphatic hydroxyl groups is 1. The van der Waals surface area contributed by atoms with Gasteiger partial charge in [0.2, 0.25) is 5.91 Å². The van der Waals surface area contributed by atoms with Crippen molar-refractivity contribution in [1.82, 2.24) is 5.32 Å². The Morgan fingerprint density at radius 2 is 1.96 bits per heavy atom. The minimum Gasteiger partial charge on any atom is -0.392 e. The molecule has 0 saturated carbocycles. The lowest BCUT2D eigenvalue weighted by Gasteiger charge is -2.19. The van der Waals surface area contributed by atoms with Crippen LogP contribution < -0.4 is 10.6 Å². The fourth-order valence-electron chi connectivity index (χ4n) is 2.36. The summed E-state index contributed by atoms with van der Waals surface area (Å²) in [5.41, 5.74) is 1.78. The lowest BCUT2D eigenvalue weighted by Crippen LogP contribution is -2.44. The Morgan fingerprint density at radius 1 is 1.19 bits per heavy atom. The second-order valence-electron chi connectivity index (χ2n) is 5.64. The molecule has 0 aliphatic rings. The molecule has 5 nitrogen and oxygen atoms in total. The Morgan fingerprint density at radius 3 is 2.65 bits per heavy atom. The second-order valence-corrected chi connectivity index (χ2v) is 7.48. The number of rotatable bonds is 8. The van der Waals surface area contributed by atoms with E-state index >= 15 is 0 Å². The molecule has 2 aromatic rings. The number of carbonyl (C=O) groups is 2. The van der Waals surface area contributed by atoms with Crippen LogP contribution in [0.2, 0.25) is 0 Å². The minimum absolute atomic E-state index is 0.0988. The Kier molecular flexibility index (Phi) is 8.15. The predicted molar refractivity (Wildman–Crippen MR) is 109 cm³/mol. The molecule has 26 heavy (non-hydrogen) atoms. The molecule has 0 aromatic heterocycles. The number of halogens is 1. The van der Waals surface area contributed by atoms with Gasteiger partial charge in [0, 0.05) is 10.2 Å². The van der Waals surface area contributed by atoms with Crippen molar-refractivity contribution in [3.8, 4) is 0 Å². The van der Waals surface area contributed by atoms with Gasteiger partial charge in [-0.3, -0.25) is 9.59 Å². The van der Waals surface area contributed by atoms with Gasteiger partial charge in [-0.1, -0.05) is 24.3 Å². The van der Waals surface area contributed by atoms with Crippen molar-refractivity contribution in [3.63, 3.8) is 0 Å². The summed E-state index contributed by atoms with van der Waals surface area (Å²) >= 11 is 4.97. The van der Waals surface area contributed by atoms with Crippen molar-refractivity contribution in [2.75, 3.05) is 17.3 Å². The zero-order valence-corrected chi connectivity index (χ0v) is 16.8. The highest BCUT2D eigenvalue weighted by Gasteiger charge is 2.22. The molecule has 1 unspecified atom stereocenters. The van der Waals surface area contributed by atoms with Crippen LogP contribution in [0.3, 0.4) is 0 Å². The van der Waals surface area contributed by atoms with Crippen LogP contribution in [0, 0.1) is 0 Å². The molecule has 0 heterocycles. The number of benzene rings is 2. The van der Waals surface area contributed by atoms with Gasteiger partial charge < -0.3 is 15.7 Å². The highest BCUT2D eigenvalue weighted by Crippen LogP contribution is 2.17. The van der Waals surface area contributed by atoms with E-state index in [-0.39, 0.29) is 18.4 Å². The van der Waals surface area contributed by atoms with Gasteiger partial charge in [0.1, 0.15) is 6.04 Å². The van der Waals surface area contributed by atoms with E-state index in [0.29, 0.717) is 27.7 Å². The quantitative estimate of drug-likeness (QED) is 0.592.